The third-order valence-electron chi connectivity index (χ3n) is 2.05. The van der Waals surface area contributed by atoms with Crippen molar-refractivity contribution < 1.29 is 8.42 Å². The molecule has 0 aliphatic heterocycles. The molecule has 0 aliphatic rings. The van der Waals surface area contributed by atoms with Crippen molar-refractivity contribution in [2.24, 2.45) is 0 Å². The predicted molar refractivity (Wildman–Crippen MR) is 69.9 cm³/mol. The SMILES string of the molecule is CNS(=O)(=O)CCNc1nc(C(C)(C)C)ns1. The second-order valence-corrected chi connectivity index (χ2v) is 7.42. The van der Waals surface area contributed by atoms with Gasteiger partial charge in [-0.1, -0.05) is 20.8 Å². The maximum Gasteiger partial charge on any atom is 0.213 e. The first-order valence-corrected chi connectivity index (χ1v) is 7.66. The molecule has 2 N–H and O–H groups in total. The van der Waals surface area contributed by atoms with E-state index in [0.717, 1.165) is 5.82 Å². The molecule has 98 valence electrons. The van der Waals surface area contributed by atoms with Gasteiger partial charge in [-0.05, 0) is 7.05 Å². The van der Waals surface area contributed by atoms with Gasteiger partial charge in [-0.25, -0.2) is 18.1 Å². The molecule has 0 unspecified atom stereocenters. The Morgan fingerprint density at radius 1 is 1.35 bits per heavy atom. The average molecular weight is 278 g/mol. The van der Waals surface area contributed by atoms with Gasteiger partial charge in [0, 0.05) is 23.5 Å². The van der Waals surface area contributed by atoms with E-state index in [9.17, 15) is 8.42 Å². The van der Waals surface area contributed by atoms with Crippen LogP contribution in [0.5, 0.6) is 0 Å². The standard InChI is InChI=1S/C9H18N4O2S2/c1-9(2,3)7-12-8(16-13-7)11-5-6-17(14,15)10-4/h10H,5-6H2,1-4H3,(H,11,12,13). The topological polar surface area (TPSA) is 84.0 Å². The first-order chi connectivity index (χ1) is 7.74. The maximum atomic E-state index is 11.2. The fourth-order valence-electron chi connectivity index (χ4n) is 0.994. The summed E-state index contributed by atoms with van der Waals surface area (Å²) in [6.07, 6.45) is 0. The van der Waals surface area contributed by atoms with Crippen molar-refractivity contribution in [2.75, 3.05) is 24.7 Å². The molecule has 1 aromatic rings. The summed E-state index contributed by atoms with van der Waals surface area (Å²) in [6, 6.07) is 0. The van der Waals surface area contributed by atoms with Crippen molar-refractivity contribution in [2.45, 2.75) is 26.2 Å². The summed E-state index contributed by atoms with van der Waals surface area (Å²) in [7, 11) is -1.77. The number of nitrogens with one attached hydrogen (secondary N) is 2. The van der Waals surface area contributed by atoms with Crippen LogP contribution < -0.4 is 10.0 Å². The summed E-state index contributed by atoms with van der Waals surface area (Å²) in [5.41, 5.74) is -0.0898. The van der Waals surface area contributed by atoms with Crippen LogP contribution in [0, 0.1) is 0 Å². The van der Waals surface area contributed by atoms with E-state index in [1.54, 1.807) is 0 Å². The molecule has 0 atom stereocenters. The molecule has 0 spiro atoms. The number of nitrogens with zero attached hydrogens (tertiary/aromatic N) is 2. The quantitative estimate of drug-likeness (QED) is 0.832. The minimum Gasteiger partial charge on any atom is -0.359 e. The summed E-state index contributed by atoms with van der Waals surface area (Å²) >= 11 is 1.25. The fourth-order valence-corrected chi connectivity index (χ4v) is 2.35. The second kappa shape index (κ2) is 5.28. The second-order valence-electron chi connectivity index (χ2n) is 4.62. The largest absolute Gasteiger partial charge is 0.359 e. The van der Waals surface area contributed by atoms with Gasteiger partial charge in [-0.3, -0.25) is 0 Å². The summed E-state index contributed by atoms with van der Waals surface area (Å²) in [5, 5.41) is 3.61. The van der Waals surface area contributed by atoms with E-state index in [1.807, 2.05) is 20.8 Å². The Hall–Kier alpha value is -0.730. The minimum atomic E-state index is -3.17. The number of rotatable bonds is 5. The van der Waals surface area contributed by atoms with Crippen molar-refractivity contribution in [3.05, 3.63) is 5.82 Å². The predicted octanol–water partition coefficient (Wildman–Crippen LogP) is 0.797. The fraction of sp³-hybridized carbons (Fsp3) is 0.778. The Kier molecular flexibility index (Phi) is 4.45. The highest BCUT2D eigenvalue weighted by molar-refractivity contribution is 7.89. The summed E-state index contributed by atoms with van der Waals surface area (Å²) in [5.74, 6) is 0.787. The van der Waals surface area contributed by atoms with Crippen LogP contribution in [-0.4, -0.2) is 37.1 Å². The van der Waals surface area contributed by atoms with Crippen molar-refractivity contribution in [1.29, 1.82) is 0 Å². The van der Waals surface area contributed by atoms with Gasteiger partial charge in [0.15, 0.2) is 0 Å². The van der Waals surface area contributed by atoms with Gasteiger partial charge in [-0.2, -0.15) is 4.37 Å². The molecule has 0 amide bonds. The molecule has 1 heterocycles. The van der Waals surface area contributed by atoms with E-state index in [2.05, 4.69) is 19.4 Å². The molecule has 1 rings (SSSR count). The molecule has 1 aromatic heterocycles. The summed E-state index contributed by atoms with van der Waals surface area (Å²) < 4.78 is 28.8. The normalized spacial score (nSPS) is 12.7. The number of aromatic nitrogens is 2. The Bertz CT molecular complexity index is 462. The summed E-state index contributed by atoms with van der Waals surface area (Å²) in [4.78, 5) is 4.31. The van der Waals surface area contributed by atoms with Crippen LogP contribution in [0.1, 0.15) is 26.6 Å². The van der Waals surface area contributed by atoms with E-state index in [4.69, 9.17) is 0 Å². The zero-order valence-electron chi connectivity index (χ0n) is 10.4. The van der Waals surface area contributed by atoms with Crippen LogP contribution in [-0.2, 0) is 15.4 Å². The number of sulfonamides is 1. The van der Waals surface area contributed by atoms with Crippen molar-refractivity contribution in [3.8, 4) is 0 Å². The van der Waals surface area contributed by atoms with Gasteiger partial charge >= 0.3 is 0 Å². The van der Waals surface area contributed by atoms with Crippen LogP contribution in [0.15, 0.2) is 0 Å². The molecule has 0 saturated heterocycles. The first-order valence-electron chi connectivity index (χ1n) is 5.24. The van der Waals surface area contributed by atoms with Gasteiger partial charge in [0.05, 0.1) is 5.75 Å². The minimum absolute atomic E-state index is 0.0218. The number of anilines is 1. The van der Waals surface area contributed by atoms with Crippen LogP contribution in [0.2, 0.25) is 0 Å². The van der Waals surface area contributed by atoms with Crippen LogP contribution in [0.25, 0.3) is 0 Å². The van der Waals surface area contributed by atoms with E-state index < -0.39 is 10.0 Å². The zero-order valence-corrected chi connectivity index (χ0v) is 12.1. The van der Waals surface area contributed by atoms with Crippen LogP contribution in [0.3, 0.4) is 0 Å². The van der Waals surface area contributed by atoms with Gasteiger partial charge in [-0.15, -0.1) is 0 Å². The average Bonchev–Trinajstić information content (AvgIpc) is 2.66. The Morgan fingerprint density at radius 3 is 2.47 bits per heavy atom. The smallest absolute Gasteiger partial charge is 0.213 e. The molecule has 0 radical (unpaired) electrons. The van der Waals surface area contributed by atoms with E-state index in [1.165, 1.54) is 18.6 Å². The Balaban J connectivity index is 2.52. The van der Waals surface area contributed by atoms with Gasteiger partial charge < -0.3 is 5.32 Å². The third kappa shape index (κ3) is 4.57. The monoisotopic (exact) mass is 278 g/mol. The highest BCUT2D eigenvalue weighted by Crippen LogP contribution is 2.22. The molecule has 17 heavy (non-hydrogen) atoms. The van der Waals surface area contributed by atoms with Gasteiger partial charge in [0.25, 0.3) is 0 Å². The van der Waals surface area contributed by atoms with Crippen LogP contribution in [0.4, 0.5) is 5.13 Å². The lowest BCUT2D eigenvalue weighted by Crippen LogP contribution is -2.26. The molecule has 6 nitrogen and oxygen atoms in total. The van der Waals surface area contributed by atoms with E-state index in [0.29, 0.717) is 11.7 Å². The van der Waals surface area contributed by atoms with E-state index >= 15 is 0 Å². The van der Waals surface area contributed by atoms with E-state index in [-0.39, 0.29) is 11.2 Å². The molecule has 0 fully saturated rings. The molecular weight excluding hydrogens is 260 g/mol. The molecule has 0 aromatic carbocycles. The highest BCUT2D eigenvalue weighted by Gasteiger charge is 2.19. The summed E-state index contributed by atoms with van der Waals surface area (Å²) in [6.45, 7) is 6.42. The third-order valence-corrected chi connectivity index (χ3v) is 4.09. The maximum absolute atomic E-state index is 11.2. The van der Waals surface area contributed by atoms with Crippen molar-refractivity contribution in [1.82, 2.24) is 14.1 Å². The van der Waals surface area contributed by atoms with Gasteiger partial charge in [0.1, 0.15) is 5.82 Å². The zero-order chi connectivity index (χ0) is 13.1. The number of hydrogen-bond acceptors (Lipinski definition) is 6. The Labute approximate surface area is 106 Å². The van der Waals surface area contributed by atoms with Crippen LogP contribution >= 0.6 is 11.5 Å². The van der Waals surface area contributed by atoms with Crippen molar-refractivity contribution >= 4 is 26.7 Å². The Morgan fingerprint density at radius 2 is 2.00 bits per heavy atom. The molecular formula is C9H18N4O2S2. The van der Waals surface area contributed by atoms with Gasteiger partial charge in [0.2, 0.25) is 15.2 Å². The molecule has 0 bridgehead atoms. The first kappa shape index (κ1) is 14.3. The highest BCUT2D eigenvalue weighted by atomic mass is 32.2. The van der Waals surface area contributed by atoms with Crippen molar-refractivity contribution in [3.63, 3.8) is 0 Å². The number of hydrogen-bond donors (Lipinski definition) is 2. The molecule has 0 saturated carbocycles. The lowest BCUT2D eigenvalue weighted by atomic mass is 9.96. The lowest BCUT2D eigenvalue weighted by Gasteiger charge is -2.12. The molecule has 8 heteroatoms. The molecule has 0 aliphatic carbocycles. The lowest BCUT2D eigenvalue weighted by molar-refractivity contribution is 0.555.